The van der Waals surface area contributed by atoms with Gasteiger partial charge in [-0.2, -0.15) is 0 Å². The number of benzene rings is 1. The van der Waals surface area contributed by atoms with Crippen molar-refractivity contribution in [1.82, 2.24) is 4.98 Å². The number of nitrogens with two attached hydrogens (primary N) is 1. The quantitative estimate of drug-likeness (QED) is 0.823. The molecule has 0 atom stereocenters. The van der Waals surface area contributed by atoms with Gasteiger partial charge >= 0.3 is 0 Å². The first-order chi connectivity index (χ1) is 8.99. The van der Waals surface area contributed by atoms with Gasteiger partial charge in [-0.1, -0.05) is 11.6 Å². The molecule has 0 saturated carbocycles. The van der Waals surface area contributed by atoms with Crippen LogP contribution in [0.15, 0.2) is 41.3 Å². The molecule has 2 aromatic rings. The van der Waals surface area contributed by atoms with Gasteiger partial charge in [0.15, 0.2) is 0 Å². The van der Waals surface area contributed by atoms with Crippen LogP contribution < -0.4 is 16.2 Å². The summed E-state index contributed by atoms with van der Waals surface area (Å²) in [6.07, 6.45) is 1.36. The van der Waals surface area contributed by atoms with Crippen LogP contribution >= 0.6 is 11.6 Å². The van der Waals surface area contributed by atoms with E-state index in [0.29, 0.717) is 22.0 Å². The van der Waals surface area contributed by atoms with Crippen LogP contribution in [0.25, 0.3) is 0 Å². The molecule has 0 unspecified atom stereocenters. The van der Waals surface area contributed by atoms with Gasteiger partial charge in [-0.25, -0.2) is 0 Å². The van der Waals surface area contributed by atoms with Crippen LogP contribution in [0.3, 0.4) is 0 Å². The molecule has 98 valence electrons. The average molecular weight is 278 g/mol. The maximum Gasteiger partial charge on any atom is 0.259 e. The van der Waals surface area contributed by atoms with Crippen LogP contribution in [0.4, 0.5) is 11.4 Å². The van der Waals surface area contributed by atoms with E-state index in [-0.39, 0.29) is 11.5 Å². The van der Waals surface area contributed by atoms with Crippen molar-refractivity contribution < 1.29 is 4.79 Å². The fraction of sp³-hybridized carbons (Fsp3) is 0.0769. The first-order valence-electron chi connectivity index (χ1n) is 5.51. The van der Waals surface area contributed by atoms with E-state index in [4.69, 9.17) is 17.3 Å². The number of aromatic nitrogens is 1. The van der Waals surface area contributed by atoms with E-state index in [2.05, 4.69) is 4.98 Å². The fourth-order valence-corrected chi connectivity index (χ4v) is 1.82. The second-order valence-electron chi connectivity index (χ2n) is 4.01. The molecule has 0 radical (unpaired) electrons. The third kappa shape index (κ3) is 2.77. The highest BCUT2D eigenvalue weighted by atomic mass is 35.5. The van der Waals surface area contributed by atoms with Crippen molar-refractivity contribution in [2.75, 3.05) is 17.7 Å². The molecule has 1 aromatic carbocycles. The predicted molar refractivity (Wildman–Crippen MR) is 75.7 cm³/mol. The minimum atomic E-state index is -0.287. The molecule has 2 rings (SSSR count). The number of aromatic amines is 1. The molecular formula is C13H12ClN3O2. The predicted octanol–water partition coefficient (Wildman–Crippen LogP) is 1.89. The third-order valence-corrected chi connectivity index (χ3v) is 2.92. The van der Waals surface area contributed by atoms with E-state index in [0.717, 1.165) is 0 Å². The Morgan fingerprint density at radius 2 is 2.05 bits per heavy atom. The molecule has 5 nitrogen and oxygen atoms in total. The summed E-state index contributed by atoms with van der Waals surface area (Å²) in [5, 5.41) is 0.491. The van der Waals surface area contributed by atoms with Crippen molar-refractivity contribution in [1.29, 1.82) is 0 Å². The van der Waals surface area contributed by atoms with Gasteiger partial charge in [0, 0.05) is 24.3 Å². The number of rotatable bonds is 2. The molecule has 0 fully saturated rings. The summed E-state index contributed by atoms with van der Waals surface area (Å²) in [5.41, 5.74) is 6.89. The van der Waals surface area contributed by atoms with Crippen molar-refractivity contribution in [2.24, 2.45) is 0 Å². The Kier molecular flexibility index (Phi) is 3.57. The third-order valence-electron chi connectivity index (χ3n) is 2.69. The lowest BCUT2D eigenvalue weighted by molar-refractivity contribution is 0.0992. The molecule has 1 heterocycles. The van der Waals surface area contributed by atoms with Crippen LogP contribution in [0.5, 0.6) is 0 Å². The standard InChI is InChI=1S/C13H12ClN3O2/c1-17(11-6-9(14)3-4-10(11)15)13(19)8-2-5-12(18)16-7-8/h2-7H,15H2,1H3,(H,16,18). The van der Waals surface area contributed by atoms with E-state index in [1.807, 2.05) is 0 Å². The number of hydrogen-bond donors (Lipinski definition) is 2. The second-order valence-corrected chi connectivity index (χ2v) is 4.45. The first-order valence-corrected chi connectivity index (χ1v) is 5.88. The van der Waals surface area contributed by atoms with Gasteiger partial charge in [0.2, 0.25) is 5.56 Å². The highest BCUT2D eigenvalue weighted by Crippen LogP contribution is 2.26. The van der Waals surface area contributed by atoms with E-state index in [1.165, 1.54) is 23.2 Å². The van der Waals surface area contributed by atoms with Gasteiger partial charge in [0.05, 0.1) is 16.9 Å². The van der Waals surface area contributed by atoms with Gasteiger partial charge in [-0.3, -0.25) is 9.59 Å². The zero-order chi connectivity index (χ0) is 14.0. The number of nitrogen functional groups attached to an aromatic ring is 1. The van der Waals surface area contributed by atoms with Crippen molar-refractivity contribution in [3.63, 3.8) is 0 Å². The lowest BCUT2D eigenvalue weighted by atomic mass is 10.2. The fourth-order valence-electron chi connectivity index (χ4n) is 1.65. The topological polar surface area (TPSA) is 79.2 Å². The van der Waals surface area contributed by atoms with E-state index in [9.17, 15) is 9.59 Å². The van der Waals surface area contributed by atoms with E-state index < -0.39 is 0 Å². The normalized spacial score (nSPS) is 10.2. The molecule has 6 heteroatoms. The SMILES string of the molecule is CN(C(=O)c1ccc(=O)[nH]c1)c1cc(Cl)ccc1N. The molecule has 0 aliphatic heterocycles. The summed E-state index contributed by atoms with van der Waals surface area (Å²) < 4.78 is 0. The van der Waals surface area contributed by atoms with E-state index in [1.54, 1.807) is 25.2 Å². The number of H-pyrrole nitrogens is 1. The van der Waals surface area contributed by atoms with Gasteiger partial charge in [0.1, 0.15) is 0 Å². The second kappa shape index (κ2) is 5.16. The average Bonchev–Trinajstić information content (AvgIpc) is 2.41. The lowest BCUT2D eigenvalue weighted by Crippen LogP contribution is -2.27. The summed E-state index contributed by atoms with van der Waals surface area (Å²) in [7, 11) is 1.59. The molecule has 3 N–H and O–H groups in total. The number of pyridine rings is 1. The number of amides is 1. The molecule has 19 heavy (non-hydrogen) atoms. The van der Waals surface area contributed by atoms with Gasteiger partial charge in [-0.05, 0) is 24.3 Å². The number of carbonyl (C=O) groups is 1. The van der Waals surface area contributed by atoms with Crippen molar-refractivity contribution >= 4 is 28.9 Å². The van der Waals surface area contributed by atoms with Crippen LogP contribution in [0.1, 0.15) is 10.4 Å². The Hall–Kier alpha value is -2.27. The zero-order valence-corrected chi connectivity index (χ0v) is 10.9. The lowest BCUT2D eigenvalue weighted by Gasteiger charge is -2.19. The van der Waals surface area contributed by atoms with Crippen molar-refractivity contribution in [3.05, 3.63) is 57.5 Å². The van der Waals surface area contributed by atoms with Crippen LogP contribution in [-0.4, -0.2) is 17.9 Å². The monoisotopic (exact) mass is 277 g/mol. The van der Waals surface area contributed by atoms with Crippen LogP contribution in [0, 0.1) is 0 Å². The number of halogens is 1. The summed E-state index contributed by atoms with van der Waals surface area (Å²) in [4.78, 5) is 27.0. The van der Waals surface area contributed by atoms with Gasteiger partial charge < -0.3 is 15.6 Å². The van der Waals surface area contributed by atoms with Gasteiger partial charge in [0.25, 0.3) is 5.91 Å². The Labute approximate surface area is 114 Å². The molecule has 1 amide bonds. The largest absolute Gasteiger partial charge is 0.397 e. The minimum absolute atomic E-state index is 0.263. The Balaban J connectivity index is 2.35. The molecule has 0 bridgehead atoms. The number of nitrogens with one attached hydrogen (secondary N) is 1. The van der Waals surface area contributed by atoms with Crippen molar-refractivity contribution in [2.45, 2.75) is 0 Å². The number of hydrogen-bond acceptors (Lipinski definition) is 3. The van der Waals surface area contributed by atoms with E-state index >= 15 is 0 Å². The number of nitrogens with zero attached hydrogens (tertiary/aromatic N) is 1. The molecule has 0 aliphatic rings. The first kappa shape index (κ1) is 13.2. The molecule has 0 spiro atoms. The number of carbonyl (C=O) groups excluding carboxylic acids is 1. The molecule has 0 aliphatic carbocycles. The Bertz CT molecular complexity index is 661. The smallest absolute Gasteiger partial charge is 0.259 e. The molecule has 1 aromatic heterocycles. The number of anilines is 2. The highest BCUT2D eigenvalue weighted by molar-refractivity contribution is 6.31. The minimum Gasteiger partial charge on any atom is -0.397 e. The summed E-state index contributed by atoms with van der Waals surface area (Å²) >= 11 is 5.89. The summed E-state index contributed by atoms with van der Waals surface area (Å²) in [6.45, 7) is 0. The maximum atomic E-state index is 12.2. The Morgan fingerprint density at radius 3 is 2.68 bits per heavy atom. The zero-order valence-electron chi connectivity index (χ0n) is 10.2. The maximum absolute atomic E-state index is 12.2. The molecular weight excluding hydrogens is 266 g/mol. The van der Waals surface area contributed by atoms with Crippen molar-refractivity contribution in [3.8, 4) is 0 Å². The van der Waals surface area contributed by atoms with Crippen LogP contribution in [0.2, 0.25) is 5.02 Å². The highest BCUT2D eigenvalue weighted by Gasteiger charge is 2.16. The Morgan fingerprint density at radius 1 is 1.32 bits per heavy atom. The van der Waals surface area contributed by atoms with Gasteiger partial charge in [-0.15, -0.1) is 0 Å². The summed E-state index contributed by atoms with van der Waals surface area (Å²) in [5.74, 6) is -0.287. The van der Waals surface area contributed by atoms with Crippen LogP contribution in [-0.2, 0) is 0 Å². The summed E-state index contributed by atoms with van der Waals surface area (Å²) in [6, 6.07) is 7.65. The molecule has 0 saturated heterocycles.